The second kappa shape index (κ2) is 8.50. The van der Waals surface area contributed by atoms with Gasteiger partial charge in [0.25, 0.3) is 0 Å². The number of para-hydroxylation sites is 1. The van der Waals surface area contributed by atoms with Crippen molar-refractivity contribution in [2.24, 2.45) is 0 Å². The summed E-state index contributed by atoms with van der Waals surface area (Å²) in [4.78, 5) is 4.78. The van der Waals surface area contributed by atoms with Crippen LogP contribution >= 0.6 is 24.8 Å². The Balaban J connectivity index is 0.00000121. The first kappa shape index (κ1) is 20.9. The monoisotopic (exact) mass is 413 g/mol. The van der Waals surface area contributed by atoms with Gasteiger partial charge in [-0.25, -0.2) is 8.42 Å². The molecule has 4 rings (SSSR count). The van der Waals surface area contributed by atoms with Crippen molar-refractivity contribution < 1.29 is 8.42 Å². The highest BCUT2D eigenvalue weighted by molar-refractivity contribution is 7.89. The van der Waals surface area contributed by atoms with Crippen LogP contribution in [0, 0.1) is 0 Å². The molecule has 26 heavy (non-hydrogen) atoms. The normalized spacial score (nSPS) is 15.8. The number of aromatic nitrogens is 1. The molecule has 0 radical (unpaired) electrons. The van der Waals surface area contributed by atoms with Crippen LogP contribution < -0.4 is 5.32 Å². The fourth-order valence-corrected chi connectivity index (χ4v) is 4.73. The second-order valence-corrected chi connectivity index (χ2v) is 7.97. The van der Waals surface area contributed by atoms with Gasteiger partial charge in [-0.2, -0.15) is 4.31 Å². The van der Waals surface area contributed by atoms with Crippen molar-refractivity contribution in [2.75, 3.05) is 26.2 Å². The lowest BCUT2D eigenvalue weighted by atomic mass is 10.1. The van der Waals surface area contributed by atoms with Gasteiger partial charge in [-0.15, -0.1) is 24.8 Å². The van der Waals surface area contributed by atoms with E-state index >= 15 is 0 Å². The summed E-state index contributed by atoms with van der Waals surface area (Å²) in [6.45, 7) is 2.62. The Morgan fingerprint density at radius 3 is 2.62 bits per heavy atom. The summed E-state index contributed by atoms with van der Waals surface area (Å²) >= 11 is 0. The minimum atomic E-state index is -3.46. The summed E-state index contributed by atoms with van der Waals surface area (Å²) in [6, 6.07) is 13.2. The highest BCUT2D eigenvalue weighted by Gasteiger charge is 2.25. The number of hydrogen-bond donors (Lipinski definition) is 1. The molecule has 0 bridgehead atoms. The first-order valence-corrected chi connectivity index (χ1v) is 9.59. The van der Waals surface area contributed by atoms with Crippen molar-refractivity contribution in [3.05, 3.63) is 48.7 Å². The molecular formula is C18H21Cl2N3O2S. The molecule has 3 aromatic rings. The molecule has 140 valence electrons. The lowest BCUT2D eigenvalue weighted by Crippen LogP contribution is -2.34. The lowest BCUT2D eigenvalue weighted by Gasteiger charge is -2.20. The molecule has 1 saturated heterocycles. The van der Waals surface area contributed by atoms with Crippen LogP contribution in [0.2, 0.25) is 0 Å². The topological polar surface area (TPSA) is 62.3 Å². The molecule has 1 aliphatic heterocycles. The van der Waals surface area contributed by atoms with Gasteiger partial charge >= 0.3 is 0 Å². The molecule has 0 atom stereocenters. The zero-order chi connectivity index (χ0) is 16.6. The van der Waals surface area contributed by atoms with E-state index in [0.29, 0.717) is 24.5 Å². The fraction of sp³-hybridized carbons (Fsp3) is 0.278. The van der Waals surface area contributed by atoms with Crippen molar-refractivity contribution >= 4 is 56.5 Å². The quantitative estimate of drug-likeness (QED) is 0.655. The zero-order valence-corrected chi connectivity index (χ0v) is 16.5. The Hall–Kier alpha value is -1.44. The average molecular weight is 414 g/mol. The van der Waals surface area contributed by atoms with Crippen LogP contribution in [0.4, 0.5) is 0 Å². The third kappa shape index (κ3) is 3.80. The molecule has 0 aliphatic carbocycles. The molecule has 0 unspecified atom stereocenters. The first-order valence-electron chi connectivity index (χ1n) is 8.15. The number of pyridine rings is 1. The van der Waals surface area contributed by atoms with E-state index in [4.69, 9.17) is 0 Å². The highest BCUT2D eigenvalue weighted by Crippen LogP contribution is 2.27. The van der Waals surface area contributed by atoms with Crippen molar-refractivity contribution in [3.8, 4) is 0 Å². The Bertz CT molecular complexity index is 1000. The smallest absolute Gasteiger partial charge is 0.243 e. The van der Waals surface area contributed by atoms with Gasteiger partial charge in [0.15, 0.2) is 0 Å². The molecule has 0 spiro atoms. The number of fused-ring (bicyclic) bond motifs is 3. The van der Waals surface area contributed by atoms with Gasteiger partial charge in [0.1, 0.15) is 0 Å². The van der Waals surface area contributed by atoms with E-state index in [9.17, 15) is 8.42 Å². The van der Waals surface area contributed by atoms with Gasteiger partial charge in [0.05, 0.1) is 10.4 Å². The molecule has 1 aliphatic rings. The number of sulfonamides is 1. The van der Waals surface area contributed by atoms with E-state index in [1.165, 1.54) is 0 Å². The van der Waals surface area contributed by atoms with Gasteiger partial charge in [-0.3, -0.25) is 4.98 Å². The maximum Gasteiger partial charge on any atom is 0.243 e. The molecule has 1 N–H and O–H groups in total. The third-order valence-electron chi connectivity index (χ3n) is 4.50. The number of nitrogens with one attached hydrogen (secondary N) is 1. The molecule has 8 heteroatoms. The Morgan fingerprint density at radius 2 is 1.77 bits per heavy atom. The summed E-state index contributed by atoms with van der Waals surface area (Å²) < 4.78 is 27.4. The molecule has 5 nitrogen and oxygen atoms in total. The SMILES string of the molecule is Cl.Cl.O=S(=O)(c1ccc2c(cnc3ccccc32)c1)N1CCCNCC1. The summed E-state index contributed by atoms with van der Waals surface area (Å²) in [6.07, 6.45) is 2.58. The molecule has 0 amide bonds. The second-order valence-electron chi connectivity index (χ2n) is 6.03. The van der Waals surface area contributed by atoms with Crippen molar-refractivity contribution in [3.63, 3.8) is 0 Å². The van der Waals surface area contributed by atoms with E-state index in [1.54, 1.807) is 22.6 Å². The molecule has 2 aromatic carbocycles. The first-order chi connectivity index (χ1) is 11.7. The van der Waals surface area contributed by atoms with Crippen molar-refractivity contribution in [2.45, 2.75) is 11.3 Å². The summed E-state index contributed by atoms with van der Waals surface area (Å²) in [5, 5.41) is 6.15. The van der Waals surface area contributed by atoms with E-state index in [0.717, 1.165) is 34.6 Å². The van der Waals surface area contributed by atoms with Gasteiger partial charge < -0.3 is 5.32 Å². The minimum absolute atomic E-state index is 0. The highest BCUT2D eigenvalue weighted by atomic mass is 35.5. The Labute approximate surface area is 165 Å². The van der Waals surface area contributed by atoms with Crippen molar-refractivity contribution in [1.82, 2.24) is 14.6 Å². The predicted molar refractivity (Wildman–Crippen MR) is 110 cm³/mol. The number of halogens is 2. The molecule has 2 heterocycles. The van der Waals surface area contributed by atoms with Crippen LogP contribution in [0.25, 0.3) is 21.7 Å². The van der Waals surface area contributed by atoms with Crippen LogP contribution in [0.5, 0.6) is 0 Å². The average Bonchev–Trinajstić information content (AvgIpc) is 2.91. The van der Waals surface area contributed by atoms with E-state index in [1.807, 2.05) is 30.3 Å². The van der Waals surface area contributed by atoms with E-state index in [-0.39, 0.29) is 24.8 Å². The van der Waals surface area contributed by atoms with Gasteiger partial charge in [0.2, 0.25) is 10.0 Å². The van der Waals surface area contributed by atoms with Crippen LogP contribution in [-0.2, 0) is 10.0 Å². The number of hydrogen-bond acceptors (Lipinski definition) is 4. The van der Waals surface area contributed by atoms with Gasteiger partial charge in [-0.05, 0) is 36.6 Å². The summed E-state index contributed by atoms with van der Waals surface area (Å²) in [5.41, 5.74) is 0.916. The predicted octanol–water partition coefficient (Wildman–Crippen LogP) is 3.22. The van der Waals surface area contributed by atoms with E-state index in [2.05, 4.69) is 10.3 Å². The standard InChI is InChI=1S/C18H19N3O2S.2ClH/c22-24(23,21-10-3-8-19-9-11-21)15-6-7-16-14(12-15)13-20-18-5-2-1-4-17(16)18;;/h1-2,4-7,12-13,19H,3,8-11H2;2*1H. The Kier molecular flexibility index (Phi) is 6.82. The Morgan fingerprint density at radius 1 is 0.962 bits per heavy atom. The molecule has 0 saturated carbocycles. The third-order valence-corrected chi connectivity index (χ3v) is 6.39. The number of rotatable bonds is 2. The largest absolute Gasteiger partial charge is 0.315 e. The van der Waals surface area contributed by atoms with Gasteiger partial charge in [-0.1, -0.05) is 24.3 Å². The van der Waals surface area contributed by atoms with Crippen LogP contribution in [0.15, 0.2) is 53.6 Å². The maximum absolute atomic E-state index is 12.9. The molecular weight excluding hydrogens is 393 g/mol. The van der Waals surface area contributed by atoms with Crippen LogP contribution in [0.1, 0.15) is 6.42 Å². The van der Waals surface area contributed by atoms with E-state index < -0.39 is 10.0 Å². The van der Waals surface area contributed by atoms with Crippen LogP contribution in [0.3, 0.4) is 0 Å². The van der Waals surface area contributed by atoms with Crippen LogP contribution in [-0.4, -0.2) is 43.9 Å². The zero-order valence-electron chi connectivity index (χ0n) is 14.1. The number of nitrogens with zero attached hydrogens (tertiary/aromatic N) is 2. The lowest BCUT2D eigenvalue weighted by molar-refractivity contribution is 0.432. The maximum atomic E-state index is 12.9. The molecule has 1 aromatic heterocycles. The van der Waals surface area contributed by atoms with Crippen molar-refractivity contribution in [1.29, 1.82) is 0 Å². The number of benzene rings is 2. The summed E-state index contributed by atoms with van der Waals surface area (Å²) in [7, 11) is -3.46. The molecule has 1 fully saturated rings. The minimum Gasteiger partial charge on any atom is -0.315 e. The fourth-order valence-electron chi connectivity index (χ4n) is 3.22. The summed E-state index contributed by atoms with van der Waals surface area (Å²) in [5.74, 6) is 0. The van der Waals surface area contributed by atoms with Gasteiger partial charge in [0, 0.05) is 36.6 Å².